The maximum atomic E-state index is 13.2. The summed E-state index contributed by atoms with van der Waals surface area (Å²) in [6, 6.07) is 8.57. The van der Waals surface area contributed by atoms with Crippen LogP contribution in [0.4, 0.5) is 4.39 Å². The average molecular weight is 367 g/mol. The summed E-state index contributed by atoms with van der Waals surface area (Å²) in [5.41, 5.74) is -0.0384. The normalized spacial score (nSPS) is 12.0. The number of aromatic carboxylic acids is 1. The third-order valence-corrected chi connectivity index (χ3v) is 3.83. The molecule has 1 aliphatic rings. The van der Waals surface area contributed by atoms with E-state index in [-0.39, 0.29) is 69.1 Å². The molecule has 0 spiro atoms. The fourth-order valence-electron chi connectivity index (χ4n) is 2.68. The van der Waals surface area contributed by atoms with Gasteiger partial charge in [0.15, 0.2) is 11.5 Å². The molecule has 6 nitrogen and oxygen atoms in total. The van der Waals surface area contributed by atoms with Crippen molar-refractivity contribution in [3.63, 3.8) is 0 Å². The Balaban J connectivity index is 0.00000182. The standard InChI is InChI=1S/C17H10FNO5.K.H/c18-9-1-3-10(4-2-9)19-7-12(17(21)22)16(20)11-5-14-15(6-13(11)19)24-8-23-14;;/h1-7H,8H2,(H,21,22);;. The molecule has 8 heteroatoms. The van der Waals surface area contributed by atoms with Gasteiger partial charge < -0.3 is 19.1 Å². The van der Waals surface area contributed by atoms with E-state index in [9.17, 15) is 19.1 Å². The van der Waals surface area contributed by atoms with E-state index in [1.165, 1.54) is 41.1 Å². The first kappa shape index (κ1) is 18.1. The molecule has 2 aromatic carbocycles. The van der Waals surface area contributed by atoms with Crippen LogP contribution in [0, 0.1) is 5.82 Å². The van der Waals surface area contributed by atoms with Crippen molar-refractivity contribution >= 4 is 68.3 Å². The molecular formula is C17H11FKNO5. The Bertz CT molecular complexity index is 1050. The quantitative estimate of drug-likeness (QED) is 0.700. The van der Waals surface area contributed by atoms with Crippen LogP contribution in [0.25, 0.3) is 16.6 Å². The summed E-state index contributed by atoms with van der Waals surface area (Å²) < 4.78 is 25.3. The van der Waals surface area contributed by atoms with Crippen molar-refractivity contribution < 1.29 is 23.8 Å². The minimum atomic E-state index is -1.34. The molecule has 4 rings (SSSR count). The van der Waals surface area contributed by atoms with Crippen LogP contribution in [0.15, 0.2) is 47.4 Å². The monoisotopic (exact) mass is 367 g/mol. The number of carboxylic acid groups (broad SMARTS) is 1. The second-order valence-electron chi connectivity index (χ2n) is 5.25. The van der Waals surface area contributed by atoms with Crippen LogP contribution in [0.1, 0.15) is 10.4 Å². The fourth-order valence-corrected chi connectivity index (χ4v) is 2.68. The second-order valence-corrected chi connectivity index (χ2v) is 5.25. The zero-order chi connectivity index (χ0) is 16.8. The van der Waals surface area contributed by atoms with E-state index in [1.54, 1.807) is 6.07 Å². The molecule has 1 aromatic heterocycles. The van der Waals surface area contributed by atoms with Gasteiger partial charge in [-0.2, -0.15) is 0 Å². The number of hydrogen-bond donors (Lipinski definition) is 1. The van der Waals surface area contributed by atoms with Gasteiger partial charge in [0, 0.05) is 18.0 Å². The second kappa shape index (κ2) is 6.89. The number of carbonyl (C=O) groups is 1. The Kier molecular flexibility index (Phi) is 4.98. The van der Waals surface area contributed by atoms with Gasteiger partial charge in [-0.25, -0.2) is 9.18 Å². The van der Waals surface area contributed by atoms with Crippen LogP contribution in [0.2, 0.25) is 0 Å². The number of rotatable bonds is 2. The molecule has 0 unspecified atom stereocenters. The number of fused-ring (bicyclic) bond motifs is 2. The molecule has 0 saturated carbocycles. The van der Waals surface area contributed by atoms with Gasteiger partial charge in [-0.05, 0) is 30.3 Å². The van der Waals surface area contributed by atoms with Crippen LogP contribution in [-0.2, 0) is 0 Å². The minimum absolute atomic E-state index is 0. The molecule has 25 heavy (non-hydrogen) atoms. The van der Waals surface area contributed by atoms with E-state index in [0.717, 1.165) is 0 Å². The van der Waals surface area contributed by atoms with Crippen LogP contribution in [-0.4, -0.2) is 73.8 Å². The van der Waals surface area contributed by atoms with Crippen molar-refractivity contribution in [3.05, 3.63) is 64.2 Å². The molecule has 0 amide bonds. The van der Waals surface area contributed by atoms with Gasteiger partial charge in [0.1, 0.15) is 11.4 Å². The zero-order valence-corrected chi connectivity index (χ0v) is 12.2. The van der Waals surface area contributed by atoms with E-state index < -0.39 is 17.2 Å². The number of ether oxygens (including phenoxy) is 2. The van der Waals surface area contributed by atoms with Gasteiger partial charge >= 0.3 is 57.4 Å². The molecule has 2 heterocycles. The summed E-state index contributed by atoms with van der Waals surface area (Å²) in [6.07, 6.45) is 1.22. The van der Waals surface area contributed by atoms with Crippen molar-refractivity contribution in [1.82, 2.24) is 4.57 Å². The topological polar surface area (TPSA) is 77.8 Å². The summed E-state index contributed by atoms with van der Waals surface area (Å²) in [5, 5.41) is 9.49. The molecule has 1 N–H and O–H groups in total. The third-order valence-electron chi connectivity index (χ3n) is 3.83. The predicted octanol–water partition coefficient (Wildman–Crippen LogP) is 1.91. The molecule has 0 fully saturated rings. The SMILES string of the molecule is O=C(O)c1cn(-c2ccc(F)cc2)c2cc3c(cc2c1=O)OCO3.[KH]. The van der Waals surface area contributed by atoms with Gasteiger partial charge in [0.25, 0.3) is 0 Å². The van der Waals surface area contributed by atoms with Gasteiger partial charge in [0.05, 0.1) is 10.9 Å². The number of benzene rings is 2. The molecular weight excluding hydrogens is 356 g/mol. The number of hydrogen-bond acceptors (Lipinski definition) is 4. The van der Waals surface area contributed by atoms with Crippen molar-refractivity contribution in [2.45, 2.75) is 0 Å². The molecule has 0 bridgehead atoms. The molecule has 122 valence electrons. The van der Waals surface area contributed by atoms with Crippen molar-refractivity contribution in [2.24, 2.45) is 0 Å². The van der Waals surface area contributed by atoms with Crippen molar-refractivity contribution in [2.75, 3.05) is 6.79 Å². The predicted molar refractivity (Wildman–Crippen MR) is 89.7 cm³/mol. The summed E-state index contributed by atoms with van der Waals surface area (Å²) in [5.74, 6) is -0.913. The molecule has 3 aromatic rings. The Morgan fingerprint density at radius 1 is 1.12 bits per heavy atom. The van der Waals surface area contributed by atoms with Gasteiger partial charge in [0.2, 0.25) is 12.2 Å². The molecule has 1 aliphatic heterocycles. The fraction of sp³-hybridized carbons (Fsp3) is 0.0588. The Morgan fingerprint density at radius 3 is 2.40 bits per heavy atom. The first-order valence-corrected chi connectivity index (χ1v) is 7.03. The van der Waals surface area contributed by atoms with Gasteiger partial charge in [-0.1, -0.05) is 0 Å². The molecule has 0 atom stereocenters. The average Bonchev–Trinajstić information content (AvgIpc) is 3.02. The molecule has 0 saturated heterocycles. The first-order valence-electron chi connectivity index (χ1n) is 7.03. The summed E-state index contributed by atoms with van der Waals surface area (Å²) in [7, 11) is 0. The van der Waals surface area contributed by atoms with E-state index in [0.29, 0.717) is 22.7 Å². The first-order chi connectivity index (χ1) is 11.5. The van der Waals surface area contributed by atoms with Gasteiger partial charge in [-0.15, -0.1) is 0 Å². The van der Waals surface area contributed by atoms with E-state index >= 15 is 0 Å². The molecule has 0 aliphatic carbocycles. The van der Waals surface area contributed by atoms with E-state index in [2.05, 4.69) is 0 Å². The number of nitrogens with zero attached hydrogens (tertiary/aromatic N) is 1. The number of carboxylic acids is 1. The third kappa shape index (κ3) is 3.11. The Labute approximate surface area is 183 Å². The van der Waals surface area contributed by atoms with Gasteiger partial charge in [-0.3, -0.25) is 4.79 Å². The summed E-state index contributed by atoms with van der Waals surface area (Å²) in [6.45, 7) is 0.0299. The number of pyridine rings is 1. The van der Waals surface area contributed by atoms with Crippen molar-refractivity contribution in [3.8, 4) is 17.2 Å². The van der Waals surface area contributed by atoms with Crippen LogP contribution >= 0.6 is 0 Å². The maximum absolute atomic E-state index is 13.2. The van der Waals surface area contributed by atoms with Crippen molar-refractivity contribution in [1.29, 1.82) is 0 Å². The number of aromatic nitrogens is 1. The van der Waals surface area contributed by atoms with Crippen LogP contribution < -0.4 is 14.9 Å². The van der Waals surface area contributed by atoms with E-state index in [4.69, 9.17) is 9.47 Å². The van der Waals surface area contributed by atoms with Crippen LogP contribution in [0.3, 0.4) is 0 Å². The zero-order valence-electron chi connectivity index (χ0n) is 12.2. The summed E-state index contributed by atoms with van der Waals surface area (Å²) >= 11 is 0. The Morgan fingerprint density at radius 2 is 1.76 bits per heavy atom. The Hall–Kier alpha value is -1.71. The number of halogens is 1. The summed E-state index contributed by atoms with van der Waals surface area (Å²) in [4.78, 5) is 23.9. The van der Waals surface area contributed by atoms with Crippen LogP contribution in [0.5, 0.6) is 11.5 Å². The molecule has 0 radical (unpaired) electrons. The van der Waals surface area contributed by atoms with E-state index in [1.807, 2.05) is 0 Å².